The standard InChI is InChI=1S/C15H29F3N2O/c1-11(2)12-4-5-14(19-3)13(8-12)9-20(6-7-21)10-15(16,17)18/h11-14,19,21H,4-10H2,1-3H3. The highest BCUT2D eigenvalue weighted by Gasteiger charge is 2.35. The maximum absolute atomic E-state index is 12.6. The van der Waals surface area contributed by atoms with E-state index in [-0.39, 0.29) is 25.1 Å². The molecule has 0 aromatic heterocycles. The Hall–Kier alpha value is -0.330. The number of hydrogen-bond acceptors (Lipinski definition) is 3. The fourth-order valence-electron chi connectivity index (χ4n) is 3.45. The molecule has 1 rings (SSSR count). The normalized spacial score (nSPS) is 27.6. The molecule has 0 aromatic carbocycles. The van der Waals surface area contributed by atoms with Crippen molar-refractivity contribution in [2.75, 3.05) is 33.3 Å². The van der Waals surface area contributed by atoms with Crippen LogP contribution in [0.5, 0.6) is 0 Å². The smallest absolute Gasteiger partial charge is 0.395 e. The highest BCUT2D eigenvalue weighted by atomic mass is 19.4. The molecule has 1 fully saturated rings. The summed E-state index contributed by atoms with van der Waals surface area (Å²) in [7, 11) is 1.88. The Morgan fingerprint density at radius 3 is 2.43 bits per heavy atom. The zero-order chi connectivity index (χ0) is 16.0. The molecule has 0 aromatic rings. The largest absolute Gasteiger partial charge is 0.401 e. The van der Waals surface area contributed by atoms with Crippen LogP contribution in [-0.4, -0.2) is 55.5 Å². The molecule has 1 aliphatic carbocycles. The van der Waals surface area contributed by atoms with Crippen LogP contribution in [0.15, 0.2) is 0 Å². The van der Waals surface area contributed by atoms with Gasteiger partial charge < -0.3 is 10.4 Å². The number of rotatable bonds is 7. The quantitative estimate of drug-likeness (QED) is 0.758. The third-order valence-corrected chi connectivity index (χ3v) is 4.65. The highest BCUT2D eigenvalue weighted by molar-refractivity contribution is 4.87. The van der Waals surface area contributed by atoms with Gasteiger partial charge in [-0.3, -0.25) is 4.90 Å². The summed E-state index contributed by atoms with van der Waals surface area (Å²) in [4.78, 5) is 1.34. The Bertz CT molecular complexity index is 297. The molecule has 0 aliphatic heterocycles. The van der Waals surface area contributed by atoms with E-state index >= 15 is 0 Å². The molecular formula is C15H29F3N2O. The fraction of sp³-hybridized carbons (Fsp3) is 1.00. The van der Waals surface area contributed by atoms with Crippen LogP contribution >= 0.6 is 0 Å². The second-order valence-corrected chi connectivity index (χ2v) is 6.55. The maximum atomic E-state index is 12.6. The van der Waals surface area contributed by atoms with Gasteiger partial charge in [-0.1, -0.05) is 13.8 Å². The molecule has 2 N–H and O–H groups in total. The minimum Gasteiger partial charge on any atom is -0.395 e. The van der Waals surface area contributed by atoms with Crippen LogP contribution in [0.1, 0.15) is 33.1 Å². The highest BCUT2D eigenvalue weighted by Crippen LogP contribution is 2.34. The molecule has 0 amide bonds. The summed E-state index contributed by atoms with van der Waals surface area (Å²) in [6.45, 7) is 3.67. The molecule has 126 valence electrons. The van der Waals surface area contributed by atoms with Gasteiger partial charge in [-0.2, -0.15) is 13.2 Å². The summed E-state index contributed by atoms with van der Waals surface area (Å²) in [5.74, 6) is 1.37. The van der Waals surface area contributed by atoms with Gasteiger partial charge in [-0.25, -0.2) is 0 Å². The van der Waals surface area contributed by atoms with Crippen molar-refractivity contribution in [3.05, 3.63) is 0 Å². The fourth-order valence-corrected chi connectivity index (χ4v) is 3.45. The van der Waals surface area contributed by atoms with E-state index in [1.54, 1.807) is 0 Å². The Morgan fingerprint density at radius 1 is 1.29 bits per heavy atom. The van der Waals surface area contributed by atoms with Crippen LogP contribution in [-0.2, 0) is 0 Å². The van der Waals surface area contributed by atoms with E-state index < -0.39 is 12.7 Å². The van der Waals surface area contributed by atoms with E-state index in [2.05, 4.69) is 19.2 Å². The number of hydrogen-bond donors (Lipinski definition) is 2. The van der Waals surface area contributed by atoms with Crippen molar-refractivity contribution >= 4 is 0 Å². The topological polar surface area (TPSA) is 35.5 Å². The van der Waals surface area contributed by atoms with Gasteiger partial charge in [0.2, 0.25) is 0 Å². The van der Waals surface area contributed by atoms with E-state index in [4.69, 9.17) is 5.11 Å². The first-order valence-corrected chi connectivity index (χ1v) is 7.84. The Labute approximate surface area is 125 Å². The van der Waals surface area contributed by atoms with E-state index in [0.717, 1.165) is 19.3 Å². The first kappa shape index (κ1) is 18.7. The monoisotopic (exact) mass is 310 g/mol. The lowest BCUT2D eigenvalue weighted by atomic mass is 9.73. The summed E-state index contributed by atoms with van der Waals surface area (Å²) < 4.78 is 37.9. The van der Waals surface area contributed by atoms with Crippen LogP contribution in [0.3, 0.4) is 0 Å². The summed E-state index contributed by atoms with van der Waals surface area (Å²) in [6, 6.07) is 0.273. The van der Waals surface area contributed by atoms with Crippen LogP contribution in [0.25, 0.3) is 0 Å². The molecule has 0 spiro atoms. The first-order valence-electron chi connectivity index (χ1n) is 7.84. The van der Waals surface area contributed by atoms with Crippen molar-refractivity contribution in [1.82, 2.24) is 10.2 Å². The molecule has 0 saturated heterocycles. The third kappa shape index (κ3) is 6.53. The average Bonchev–Trinajstić information content (AvgIpc) is 2.36. The van der Waals surface area contributed by atoms with Gasteiger partial charge in [0.1, 0.15) is 0 Å². The van der Waals surface area contributed by atoms with Crippen molar-refractivity contribution in [3.8, 4) is 0 Å². The molecule has 0 radical (unpaired) electrons. The zero-order valence-electron chi connectivity index (χ0n) is 13.3. The molecule has 3 nitrogen and oxygen atoms in total. The molecule has 0 bridgehead atoms. The first-order chi connectivity index (χ1) is 9.76. The van der Waals surface area contributed by atoms with Gasteiger partial charge in [0.05, 0.1) is 13.2 Å². The minimum atomic E-state index is -4.21. The average molecular weight is 310 g/mol. The van der Waals surface area contributed by atoms with E-state index in [9.17, 15) is 13.2 Å². The van der Waals surface area contributed by atoms with Crippen LogP contribution < -0.4 is 5.32 Å². The predicted octanol–water partition coefficient (Wildman–Crippen LogP) is 2.50. The molecule has 21 heavy (non-hydrogen) atoms. The third-order valence-electron chi connectivity index (χ3n) is 4.65. The molecule has 1 aliphatic rings. The van der Waals surface area contributed by atoms with Crippen LogP contribution in [0.4, 0.5) is 13.2 Å². The molecular weight excluding hydrogens is 281 g/mol. The lowest BCUT2D eigenvalue weighted by Gasteiger charge is -2.40. The van der Waals surface area contributed by atoms with E-state index in [1.807, 2.05) is 7.05 Å². The molecule has 3 atom stereocenters. The summed E-state index contributed by atoms with van der Waals surface area (Å²) in [6.07, 6.45) is -1.10. The number of alkyl halides is 3. The van der Waals surface area contributed by atoms with Crippen molar-refractivity contribution in [3.63, 3.8) is 0 Å². The van der Waals surface area contributed by atoms with Crippen molar-refractivity contribution in [2.24, 2.45) is 17.8 Å². The molecule has 1 saturated carbocycles. The van der Waals surface area contributed by atoms with Gasteiger partial charge in [0, 0.05) is 19.1 Å². The predicted molar refractivity (Wildman–Crippen MR) is 78.1 cm³/mol. The van der Waals surface area contributed by atoms with Gasteiger partial charge in [-0.05, 0) is 44.1 Å². The van der Waals surface area contributed by atoms with Gasteiger partial charge in [0.25, 0.3) is 0 Å². The zero-order valence-corrected chi connectivity index (χ0v) is 13.3. The SMILES string of the molecule is CNC1CCC(C(C)C)CC1CN(CCO)CC(F)(F)F. The minimum absolute atomic E-state index is 0.0821. The summed E-state index contributed by atoms with van der Waals surface area (Å²) in [5, 5.41) is 12.3. The van der Waals surface area contributed by atoms with Crippen LogP contribution in [0, 0.1) is 17.8 Å². The number of nitrogens with zero attached hydrogens (tertiary/aromatic N) is 1. The maximum Gasteiger partial charge on any atom is 0.401 e. The molecule has 6 heteroatoms. The van der Waals surface area contributed by atoms with Crippen molar-refractivity contribution in [1.29, 1.82) is 0 Å². The van der Waals surface area contributed by atoms with Crippen molar-refractivity contribution < 1.29 is 18.3 Å². The number of aliphatic hydroxyl groups is 1. The van der Waals surface area contributed by atoms with E-state index in [1.165, 1.54) is 4.90 Å². The number of aliphatic hydroxyl groups excluding tert-OH is 1. The molecule has 0 heterocycles. The molecule has 3 unspecified atom stereocenters. The van der Waals surface area contributed by atoms with Crippen molar-refractivity contribution in [2.45, 2.75) is 45.3 Å². The Morgan fingerprint density at radius 2 is 1.95 bits per heavy atom. The van der Waals surface area contributed by atoms with Gasteiger partial charge >= 0.3 is 6.18 Å². The summed E-state index contributed by atoms with van der Waals surface area (Å²) in [5.41, 5.74) is 0. The second kappa shape index (κ2) is 8.34. The lowest BCUT2D eigenvalue weighted by Crippen LogP contribution is -2.47. The Kier molecular flexibility index (Phi) is 7.44. The van der Waals surface area contributed by atoms with Gasteiger partial charge in [-0.15, -0.1) is 0 Å². The second-order valence-electron chi connectivity index (χ2n) is 6.55. The summed E-state index contributed by atoms with van der Waals surface area (Å²) >= 11 is 0. The number of nitrogens with one attached hydrogen (secondary N) is 1. The van der Waals surface area contributed by atoms with Gasteiger partial charge in [0.15, 0.2) is 0 Å². The van der Waals surface area contributed by atoms with E-state index in [0.29, 0.717) is 18.4 Å². The number of halogens is 3. The van der Waals surface area contributed by atoms with Crippen LogP contribution in [0.2, 0.25) is 0 Å². The lowest BCUT2D eigenvalue weighted by molar-refractivity contribution is -0.148. The Balaban J connectivity index is 2.67.